The lowest BCUT2D eigenvalue weighted by atomic mass is 10.2. The molecule has 0 saturated carbocycles. The van der Waals surface area contributed by atoms with Crippen LogP contribution in [0.25, 0.3) is 5.95 Å². The Balaban J connectivity index is 2.04. The van der Waals surface area contributed by atoms with Gasteiger partial charge in [0.15, 0.2) is 0 Å². The number of hydrogen-bond acceptors (Lipinski definition) is 4. The third-order valence-corrected chi connectivity index (χ3v) is 5.02. The van der Waals surface area contributed by atoms with Crippen LogP contribution in [0, 0.1) is 20.8 Å². The minimum Gasteiger partial charge on any atom is -0.356 e. The van der Waals surface area contributed by atoms with Gasteiger partial charge in [0, 0.05) is 18.8 Å². The maximum absolute atomic E-state index is 4.81. The molecule has 22 heavy (non-hydrogen) atoms. The van der Waals surface area contributed by atoms with Crippen LogP contribution in [-0.2, 0) is 0 Å². The number of aromatic nitrogens is 4. The number of halogens is 1. The second-order valence-corrected chi connectivity index (χ2v) is 6.78. The fourth-order valence-electron chi connectivity index (χ4n) is 2.95. The Morgan fingerprint density at radius 1 is 1.00 bits per heavy atom. The second-order valence-electron chi connectivity index (χ2n) is 5.99. The van der Waals surface area contributed by atoms with Crippen LogP contribution in [0.4, 0.5) is 5.82 Å². The highest BCUT2D eigenvalue weighted by atomic mass is 79.9. The van der Waals surface area contributed by atoms with Gasteiger partial charge in [-0.3, -0.25) is 0 Å². The zero-order valence-electron chi connectivity index (χ0n) is 13.4. The van der Waals surface area contributed by atoms with Crippen LogP contribution in [-0.4, -0.2) is 32.8 Å². The van der Waals surface area contributed by atoms with Crippen LogP contribution in [0.2, 0.25) is 0 Å². The van der Waals surface area contributed by atoms with E-state index in [9.17, 15) is 0 Å². The predicted molar refractivity (Wildman–Crippen MR) is 91.7 cm³/mol. The molecule has 1 saturated heterocycles. The van der Waals surface area contributed by atoms with Gasteiger partial charge in [-0.15, -0.1) is 0 Å². The Labute approximate surface area is 139 Å². The van der Waals surface area contributed by atoms with E-state index in [4.69, 9.17) is 4.98 Å². The summed E-state index contributed by atoms with van der Waals surface area (Å²) < 4.78 is 2.83. The van der Waals surface area contributed by atoms with Gasteiger partial charge in [-0.1, -0.05) is 12.8 Å². The number of aryl methyl sites for hydroxylation is 3. The molecular formula is C16H22BrN5. The van der Waals surface area contributed by atoms with E-state index in [-0.39, 0.29) is 0 Å². The first kappa shape index (κ1) is 15.5. The molecule has 0 radical (unpaired) electrons. The van der Waals surface area contributed by atoms with Crippen molar-refractivity contribution in [2.75, 3.05) is 18.0 Å². The maximum Gasteiger partial charge on any atom is 0.253 e. The minimum absolute atomic E-state index is 0.658. The van der Waals surface area contributed by atoms with Crippen LogP contribution in [0.15, 0.2) is 10.5 Å². The van der Waals surface area contributed by atoms with Gasteiger partial charge in [-0.25, -0.2) is 9.67 Å². The molecule has 0 unspecified atom stereocenters. The molecule has 1 aliphatic heterocycles. The van der Waals surface area contributed by atoms with E-state index < -0.39 is 0 Å². The summed E-state index contributed by atoms with van der Waals surface area (Å²) in [4.78, 5) is 11.8. The summed E-state index contributed by atoms with van der Waals surface area (Å²) in [6.45, 7) is 8.16. The molecule has 0 N–H and O–H groups in total. The van der Waals surface area contributed by atoms with Gasteiger partial charge in [0.1, 0.15) is 5.82 Å². The third-order valence-electron chi connectivity index (χ3n) is 4.09. The molecule has 0 atom stereocenters. The lowest BCUT2D eigenvalue weighted by Gasteiger charge is -2.23. The molecule has 3 heterocycles. The highest BCUT2D eigenvalue weighted by Gasteiger charge is 2.19. The summed E-state index contributed by atoms with van der Waals surface area (Å²) in [6.07, 6.45) is 5.07. The zero-order valence-corrected chi connectivity index (χ0v) is 15.0. The summed E-state index contributed by atoms with van der Waals surface area (Å²) in [5, 5.41) is 4.51. The van der Waals surface area contributed by atoms with E-state index in [0.29, 0.717) is 5.95 Å². The summed E-state index contributed by atoms with van der Waals surface area (Å²) in [5.41, 5.74) is 3.00. The lowest BCUT2D eigenvalue weighted by Crippen LogP contribution is -2.26. The van der Waals surface area contributed by atoms with Gasteiger partial charge in [-0.2, -0.15) is 10.1 Å². The third kappa shape index (κ3) is 3.02. The van der Waals surface area contributed by atoms with Crippen LogP contribution in [0.1, 0.15) is 42.8 Å². The molecule has 5 nitrogen and oxygen atoms in total. The summed E-state index contributed by atoms with van der Waals surface area (Å²) >= 11 is 3.68. The Hall–Kier alpha value is -1.43. The van der Waals surface area contributed by atoms with Crippen LogP contribution < -0.4 is 4.90 Å². The molecule has 118 valence electrons. The van der Waals surface area contributed by atoms with E-state index in [1.54, 1.807) is 0 Å². The quantitative estimate of drug-likeness (QED) is 0.815. The maximum atomic E-state index is 4.81. The predicted octanol–water partition coefficient (Wildman–Crippen LogP) is 3.73. The molecule has 0 aliphatic carbocycles. The average molecular weight is 364 g/mol. The van der Waals surface area contributed by atoms with E-state index in [2.05, 4.69) is 30.9 Å². The zero-order chi connectivity index (χ0) is 15.7. The molecule has 0 aromatic carbocycles. The largest absolute Gasteiger partial charge is 0.356 e. The van der Waals surface area contributed by atoms with Crippen molar-refractivity contribution in [3.05, 3.63) is 27.6 Å². The molecule has 0 amide bonds. The minimum atomic E-state index is 0.658. The van der Waals surface area contributed by atoms with Crippen molar-refractivity contribution in [2.24, 2.45) is 0 Å². The lowest BCUT2D eigenvalue weighted by molar-refractivity contribution is 0.726. The average Bonchev–Trinajstić information content (AvgIpc) is 2.69. The van der Waals surface area contributed by atoms with E-state index in [1.807, 2.05) is 31.5 Å². The summed E-state index contributed by atoms with van der Waals surface area (Å²) in [6, 6.07) is 2.05. The first-order valence-corrected chi connectivity index (χ1v) is 8.68. The SMILES string of the molecule is Cc1cc(C)n(-c2nc(C)c(Br)c(N3CCCCCC3)n2)n1. The summed E-state index contributed by atoms with van der Waals surface area (Å²) in [5.74, 6) is 1.66. The number of nitrogens with zero attached hydrogens (tertiary/aromatic N) is 5. The van der Waals surface area contributed by atoms with Crippen molar-refractivity contribution in [1.82, 2.24) is 19.7 Å². The molecule has 2 aromatic heterocycles. The van der Waals surface area contributed by atoms with Crippen molar-refractivity contribution >= 4 is 21.7 Å². The number of hydrogen-bond donors (Lipinski definition) is 0. The van der Waals surface area contributed by atoms with Gasteiger partial charge in [-0.05, 0) is 55.6 Å². The van der Waals surface area contributed by atoms with E-state index >= 15 is 0 Å². The fraction of sp³-hybridized carbons (Fsp3) is 0.562. The normalized spacial score (nSPS) is 15.9. The van der Waals surface area contributed by atoms with Gasteiger partial charge < -0.3 is 4.90 Å². The molecule has 1 fully saturated rings. The second kappa shape index (κ2) is 6.36. The highest BCUT2D eigenvalue weighted by molar-refractivity contribution is 9.10. The Morgan fingerprint density at radius 2 is 1.68 bits per heavy atom. The molecule has 0 bridgehead atoms. The van der Waals surface area contributed by atoms with Crippen LogP contribution >= 0.6 is 15.9 Å². The van der Waals surface area contributed by atoms with Crippen molar-refractivity contribution < 1.29 is 0 Å². The first-order valence-electron chi connectivity index (χ1n) is 7.89. The van der Waals surface area contributed by atoms with Gasteiger partial charge >= 0.3 is 0 Å². The van der Waals surface area contributed by atoms with Crippen molar-refractivity contribution in [1.29, 1.82) is 0 Å². The summed E-state index contributed by atoms with van der Waals surface area (Å²) in [7, 11) is 0. The molecule has 3 rings (SSSR count). The molecule has 2 aromatic rings. The number of anilines is 1. The van der Waals surface area contributed by atoms with E-state index in [1.165, 1.54) is 25.7 Å². The van der Waals surface area contributed by atoms with Gasteiger partial charge in [0.05, 0.1) is 15.9 Å². The molecule has 1 aliphatic rings. The van der Waals surface area contributed by atoms with Crippen molar-refractivity contribution in [3.8, 4) is 5.95 Å². The molecule has 0 spiro atoms. The Bertz CT molecular complexity index is 671. The van der Waals surface area contributed by atoms with Crippen molar-refractivity contribution in [3.63, 3.8) is 0 Å². The molecular weight excluding hydrogens is 342 g/mol. The van der Waals surface area contributed by atoms with Crippen LogP contribution in [0.3, 0.4) is 0 Å². The molecule has 6 heteroatoms. The smallest absolute Gasteiger partial charge is 0.253 e. The number of rotatable bonds is 2. The topological polar surface area (TPSA) is 46.8 Å². The Morgan fingerprint density at radius 3 is 2.27 bits per heavy atom. The van der Waals surface area contributed by atoms with Crippen LogP contribution in [0.5, 0.6) is 0 Å². The fourth-order valence-corrected chi connectivity index (χ4v) is 3.38. The van der Waals surface area contributed by atoms with Crippen molar-refractivity contribution in [2.45, 2.75) is 46.5 Å². The highest BCUT2D eigenvalue weighted by Crippen LogP contribution is 2.29. The van der Waals surface area contributed by atoms with Gasteiger partial charge in [0.25, 0.3) is 5.95 Å². The standard InChI is InChI=1S/C16H22BrN5/c1-11-10-12(2)22(20-11)16-18-13(3)14(17)15(19-16)21-8-6-4-5-7-9-21/h10H,4-9H2,1-3H3. The Kier molecular flexibility index (Phi) is 4.47. The first-order chi connectivity index (χ1) is 10.6. The van der Waals surface area contributed by atoms with E-state index in [0.717, 1.165) is 40.5 Å². The monoisotopic (exact) mass is 363 g/mol. The van der Waals surface area contributed by atoms with Gasteiger partial charge in [0.2, 0.25) is 0 Å².